The molecule has 0 saturated carbocycles. The zero-order valence-electron chi connectivity index (χ0n) is 12.0. The molecule has 1 aromatic heterocycles. The zero-order chi connectivity index (χ0) is 14.5. The lowest BCUT2D eigenvalue weighted by molar-refractivity contribution is 0.170. The van der Waals surface area contributed by atoms with Gasteiger partial charge in [-0.05, 0) is 31.5 Å². The van der Waals surface area contributed by atoms with E-state index in [-0.39, 0.29) is 6.04 Å². The minimum absolute atomic E-state index is 0.140. The number of benzene rings is 1. The van der Waals surface area contributed by atoms with Crippen LogP contribution in [0.5, 0.6) is 5.75 Å². The van der Waals surface area contributed by atoms with E-state index in [1.165, 1.54) is 0 Å². The molecule has 2 unspecified atom stereocenters. The van der Waals surface area contributed by atoms with Crippen LogP contribution in [-0.2, 0) is 0 Å². The van der Waals surface area contributed by atoms with Gasteiger partial charge in [0, 0.05) is 17.6 Å². The van der Waals surface area contributed by atoms with Gasteiger partial charge >= 0.3 is 0 Å². The third-order valence-corrected chi connectivity index (χ3v) is 4.27. The maximum atomic E-state index is 10.2. The van der Waals surface area contributed by atoms with Gasteiger partial charge < -0.3 is 15.2 Å². The van der Waals surface area contributed by atoms with Crippen LogP contribution in [0.25, 0.3) is 0 Å². The van der Waals surface area contributed by atoms with Gasteiger partial charge in [-0.15, -0.1) is 11.3 Å². The number of aliphatic hydroxyl groups excluding tert-OH is 1. The molecular formula is C15H20N2O2S. The van der Waals surface area contributed by atoms with E-state index < -0.39 is 6.10 Å². The number of ether oxygens (including phenoxy) is 1. The normalized spacial score (nSPS) is 14.0. The lowest BCUT2D eigenvalue weighted by Crippen LogP contribution is -2.24. The molecular weight excluding hydrogens is 272 g/mol. The molecule has 2 rings (SSSR count). The average Bonchev–Trinajstić information content (AvgIpc) is 2.91. The van der Waals surface area contributed by atoms with Crippen molar-refractivity contribution in [2.24, 2.45) is 0 Å². The average molecular weight is 292 g/mol. The second-order valence-electron chi connectivity index (χ2n) is 4.75. The predicted octanol–water partition coefficient (Wildman–Crippen LogP) is 2.84. The van der Waals surface area contributed by atoms with Crippen LogP contribution in [0, 0.1) is 6.92 Å². The van der Waals surface area contributed by atoms with Gasteiger partial charge in [-0.2, -0.15) is 0 Å². The first kappa shape index (κ1) is 15.0. The molecule has 5 heteroatoms. The van der Waals surface area contributed by atoms with E-state index in [1.54, 1.807) is 18.4 Å². The minimum atomic E-state index is -0.538. The Labute approximate surface area is 123 Å². The lowest BCUT2D eigenvalue weighted by Gasteiger charge is -2.16. The quantitative estimate of drug-likeness (QED) is 0.859. The first-order chi connectivity index (χ1) is 9.60. The van der Waals surface area contributed by atoms with E-state index in [1.807, 2.05) is 36.6 Å². The summed E-state index contributed by atoms with van der Waals surface area (Å²) >= 11 is 1.64. The third kappa shape index (κ3) is 3.79. The van der Waals surface area contributed by atoms with Crippen LogP contribution >= 0.6 is 11.3 Å². The highest BCUT2D eigenvalue weighted by Gasteiger charge is 2.12. The van der Waals surface area contributed by atoms with Gasteiger partial charge in [-0.1, -0.05) is 12.1 Å². The van der Waals surface area contributed by atoms with Crippen molar-refractivity contribution in [3.05, 3.63) is 45.9 Å². The number of aliphatic hydroxyl groups is 1. The second kappa shape index (κ2) is 6.83. The molecule has 0 radical (unpaired) electrons. The van der Waals surface area contributed by atoms with E-state index in [0.29, 0.717) is 6.54 Å². The van der Waals surface area contributed by atoms with Crippen LogP contribution < -0.4 is 10.1 Å². The Hall–Kier alpha value is -1.43. The van der Waals surface area contributed by atoms with Crippen molar-refractivity contribution < 1.29 is 9.84 Å². The SMILES string of the molecule is COc1ccc(C(O)CNC(C)c2nc(C)cs2)cc1. The Kier molecular flexibility index (Phi) is 5.11. The molecule has 0 aliphatic carbocycles. The Morgan fingerprint density at radius 3 is 2.60 bits per heavy atom. The summed E-state index contributed by atoms with van der Waals surface area (Å²) in [6.07, 6.45) is -0.538. The fourth-order valence-electron chi connectivity index (χ4n) is 1.89. The van der Waals surface area contributed by atoms with Crippen molar-refractivity contribution in [1.82, 2.24) is 10.3 Å². The Bertz CT molecular complexity index is 539. The summed E-state index contributed by atoms with van der Waals surface area (Å²) in [4.78, 5) is 4.44. The first-order valence-electron chi connectivity index (χ1n) is 6.57. The Balaban J connectivity index is 1.89. The third-order valence-electron chi connectivity index (χ3n) is 3.13. The van der Waals surface area contributed by atoms with Crippen molar-refractivity contribution >= 4 is 11.3 Å². The van der Waals surface area contributed by atoms with Gasteiger partial charge in [0.1, 0.15) is 10.8 Å². The number of rotatable bonds is 6. The van der Waals surface area contributed by atoms with E-state index >= 15 is 0 Å². The molecule has 0 amide bonds. The topological polar surface area (TPSA) is 54.4 Å². The smallest absolute Gasteiger partial charge is 0.118 e. The van der Waals surface area contributed by atoms with Crippen LogP contribution in [-0.4, -0.2) is 23.7 Å². The van der Waals surface area contributed by atoms with Crippen molar-refractivity contribution in [2.75, 3.05) is 13.7 Å². The van der Waals surface area contributed by atoms with Crippen molar-refractivity contribution in [1.29, 1.82) is 0 Å². The molecule has 0 bridgehead atoms. The van der Waals surface area contributed by atoms with Gasteiger partial charge in [-0.25, -0.2) is 4.98 Å². The number of aryl methyl sites for hydroxylation is 1. The Morgan fingerprint density at radius 2 is 2.05 bits per heavy atom. The summed E-state index contributed by atoms with van der Waals surface area (Å²) in [7, 11) is 1.63. The van der Waals surface area contributed by atoms with Crippen LogP contribution in [0.4, 0.5) is 0 Å². The van der Waals surface area contributed by atoms with Gasteiger partial charge in [0.05, 0.1) is 19.3 Å². The standard InChI is InChI=1S/C15H20N2O2S/c1-10-9-20-15(17-10)11(2)16-8-14(18)12-4-6-13(19-3)7-5-12/h4-7,9,11,14,16,18H,8H2,1-3H3. The number of methoxy groups -OCH3 is 1. The maximum Gasteiger partial charge on any atom is 0.118 e. The van der Waals surface area contributed by atoms with E-state index in [2.05, 4.69) is 17.2 Å². The maximum absolute atomic E-state index is 10.2. The van der Waals surface area contributed by atoms with Crippen LogP contribution in [0.15, 0.2) is 29.6 Å². The van der Waals surface area contributed by atoms with E-state index in [4.69, 9.17) is 4.74 Å². The predicted molar refractivity (Wildman–Crippen MR) is 81.2 cm³/mol. The molecule has 108 valence electrons. The van der Waals surface area contributed by atoms with Gasteiger partial charge in [0.15, 0.2) is 0 Å². The molecule has 0 spiro atoms. The molecule has 1 heterocycles. The minimum Gasteiger partial charge on any atom is -0.497 e. The summed E-state index contributed by atoms with van der Waals surface area (Å²) in [5.74, 6) is 0.792. The van der Waals surface area contributed by atoms with Crippen molar-refractivity contribution in [3.63, 3.8) is 0 Å². The molecule has 0 saturated heterocycles. The highest BCUT2D eigenvalue weighted by molar-refractivity contribution is 7.09. The zero-order valence-corrected chi connectivity index (χ0v) is 12.8. The number of nitrogens with zero attached hydrogens (tertiary/aromatic N) is 1. The highest BCUT2D eigenvalue weighted by Crippen LogP contribution is 2.20. The van der Waals surface area contributed by atoms with Crippen molar-refractivity contribution in [3.8, 4) is 5.75 Å². The van der Waals surface area contributed by atoms with E-state index in [0.717, 1.165) is 22.0 Å². The van der Waals surface area contributed by atoms with Gasteiger partial charge in [0.25, 0.3) is 0 Å². The molecule has 0 aliphatic rings. The number of nitrogens with one attached hydrogen (secondary N) is 1. The van der Waals surface area contributed by atoms with Crippen LogP contribution in [0.3, 0.4) is 0 Å². The summed E-state index contributed by atoms with van der Waals surface area (Å²) in [5.41, 5.74) is 1.91. The largest absolute Gasteiger partial charge is 0.497 e. The molecule has 2 N–H and O–H groups in total. The molecule has 0 aliphatic heterocycles. The lowest BCUT2D eigenvalue weighted by atomic mass is 10.1. The van der Waals surface area contributed by atoms with Gasteiger partial charge in [-0.3, -0.25) is 0 Å². The summed E-state index contributed by atoms with van der Waals surface area (Å²) in [6, 6.07) is 7.60. The molecule has 2 aromatic rings. The summed E-state index contributed by atoms with van der Waals surface area (Å²) in [6.45, 7) is 4.53. The number of thiazole rings is 1. The van der Waals surface area contributed by atoms with Crippen molar-refractivity contribution in [2.45, 2.75) is 26.0 Å². The fraction of sp³-hybridized carbons (Fsp3) is 0.400. The van der Waals surface area contributed by atoms with Crippen LogP contribution in [0.2, 0.25) is 0 Å². The fourth-order valence-corrected chi connectivity index (χ4v) is 2.72. The molecule has 20 heavy (non-hydrogen) atoms. The monoisotopic (exact) mass is 292 g/mol. The molecule has 0 fully saturated rings. The van der Waals surface area contributed by atoms with E-state index in [9.17, 15) is 5.11 Å². The number of aromatic nitrogens is 1. The Morgan fingerprint density at radius 1 is 1.35 bits per heavy atom. The molecule has 4 nitrogen and oxygen atoms in total. The molecule has 1 aromatic carbocycles. The highest BCUT2D eigenvalue weighted by atomic mass is 32.1. The van der Waals surface area contributed by atoms with Crippen LogP contribution in [0.1, 0.15) is 35.3 Å². The first-order valence-corrected chi connectivity index (χ1v) is 7.45. The number of hydrogen-bond acceptors (Lipinski definition) is 5. The summed E-state index contributed by atoms with van der Waals surface area (Å²) in [5, 5.41) is 16.6. The number of hydrogen-bond donors (Lipinski definition) is 2. The second-order valence-corrected chi connectivity index (χ2v) is 5.64. The van der Waals surface area contributed by atoms with Gasteiger partial charge in [0.2, 0.25) is 0 Å². The summed E-state index contributed by atoms with van der Waals surface area (Å²) < 4.78 is 5.10. The molecule has 2 atom stereocenters.